The average Bonchev–Trinajstić information content (AvgIpc) is 2.93. The molecular formula is C11H16F3N3. The van der Waals surface area contributed by atoms with E-state index in [1.807, 2.05) is 6.92 Å². The molecule has 1 aliphatic carbocycles. The Balaban J connectivity index is 1.82. The highest BCUT2D eigenvalue weighted by molar-refractivity contribution is 5.03. The van der Waals surface area contributed by atoms with Gasteiger partial charge in [-0.25, -0.2) is 0 Å². The molecule has 0 aromatic carbocycles. The maximum Gasteiger partial charge on any atom is 0.435 e. The molecule has 1 N–H and O–H groups in total. The largest absolute Gasteiger partial charge is 0.435 e. The zero-order valence-corrected chi connectivity index (χ0v) is 9.67. The zero-order chi connectivity index (χ0) is 12.5. The fourth-order valence-electron chi connectivity index (χ4n) is 1.65. The van der Waals surface area contributed by atoms with E-state index in [0.29, 0.717) is 12.6 Å². The molecule has 0 saturated heterocycles. The molecule has 1 atom stereocenters. The van der Waals surface area contributed by atoms with Gasteiger partial charge in [0.15, 0.2) is 5.69 Å². The molecule has 0 spiro atoms. The predicted octanol–water partition coefficient (Wildman–Crippen LogP) is 2.29. The third-order valence-corrected chi connectivity index (χ3v) is 2.76. The number of alkyl halides is 3. The Morgan fingerprint density at radius 2 is 2.24 bits per heavy atom. The van der Waals surface area contributed by atoms with Crippen LogP contribution in [0.1, 0.15) is 25.5 Å². The first-order valence-corrected chi connectivity index (χ1v) is 5.79. The van der Waals surface area contributed by atoms with E-state index in [2.05, 4.69) is 10.4 Å². The van der Waals surface area contributed by atoms with E-state index in [1.54, 1.807) is 0 Å². The van der Waals surface area contributed by atoms with Crippen LogP contribution >= 0.6 is 0 Å². The molecule has 1 saturated carbocycles. The number of hydrogen-bond donors (Lipinski definition) is 1. The van der Waals surface area contributed by atoms with Gasteiger partial charge >= 0.3 is 6.18 Å². The van der Waals surface area contributed by atoms with Gasteiger partial charge in [0.2, 0.25) is 0 Å². The third-order valence-electron chi connectivity index (χ3n) is 2.76. The highest BCUT2D eigenvalue weighted by atomic mass is 19.4. The quantitative estimate of drug-likeness (QED) is 0.865. The van der Waals surface area contributed by atoms with Crippen molar-refractivity contribution in [2.75, 3.05) is 6.54 Å². The highest BCUT2D eigenvalue weighted by Crippen LogP contribution is 2.27. The van der Waals surface area contributed by atoms with Crippen molar-refractivity contribution in [3.8, 4) is 0 Å². The second kappa shape index (κ2) is 4.68. The van der Waals surface area contributed by atoms with Crippen molar-refractivity contribution in [3.05, 3.63) is 18.0 Å². The van der Waals surface area contributed by atoms with E-state index in [0.717, 1.165) is 12.6 Å². The van der Waals surface area contributed by atoms with Crippen LogP contribution in [-0.4, -0.2) is 22.4 Å². The summed E-state index contributed by atoms with van der Waals surface area (Å²) in [5.41, 5.74) is -0.820. The molecule has 1 unspecified atom stereocenters. The van der Waals surface area contributed by atoms with Crippen LogP contribution < -0.4 is 5.32 Å². The van der Waals surface area contributed by atoms with E-state index >= 15 is 0 Å². The monoisotopic (exact) mass is 247 g/mol. The minimum atomic E-state index is -4.35. The van der Waals surface area contributed by atoms with Crippen LogP contribution in [0.15, 0.2) is 12.3 Å². The second-order valence-corrected chi connectivity index (χ2v) is 4.71. The molecule has 1 heterocycles. The van der Waals surface area contributed by atoms with Gasteiger partial charge < -0.3 is 5.32 Å². The van der Waals surface area contributed by atoms with E-state index in [9.17, 15) is 13.2 Å². The summed E-state index contributed by atoms with van der Waals surface area (Å²) in [5, 5.41) is 6.88. The van der Waals surface area contributed by atoms with Crippen molar-refractivity contribution in [1.82, 2.24) is 15.1 Å². The molecule has 0 aliphatic heterocycles. The van der Waals surface area contributed by atoms with E-state index < -0.39 is 11.9 Å². The van der Waals surface area contributed by atoms with Gasteiger partial charge in [0.25, 0.3) is 0 Å². The van der Waals surface area contributed by atoms with Crippen LogP contribution in [0.4, 0.5) is 13.2 Å². The zero-order valence-electron chi connectivity index (χ0n) is 9.67. The molecular weight excluding hydrogens is 231 g/mol. The lowest BCUT2D eigenvalue weighted by atomic mass is 10.2. The van der Waals surface area contributed by atoms with Crippen molar-refractivity contribution in [3.63, 3.8) is 0 Å². The van der Waals surface area contributed by atoms with Crippen molar-refractivity contribution >= 4 is 0 Å². The molecule has 0 amide bonds. The second-order valence-electron chi connectivity index (χ2n) is 4.71. The van der Waals surface area contributed by atoms with Crippen LogP contribution in [-0.2, 0) is 12.7 Å². The molecule has 1 aromatic rings. The maximum absolute atomic E-state index is 12.3. The number of hydrogen-bond acceptors (Lipinski definition) is 2. The van der Waals surface area contributed by atoms with Crippen LogP contribution in [0.3, 0.4) is 0 Å². The average molecular weight is 247 g/mol. The summed E-state index contributed by atoms with van der Waals surface area (Å²) in [4.78, 5) is 0. The normalized spacial score (nSPS) is 18.4. The van der Waals surface area contributed by atoms with Gasteiger partial charge in [-0.1, -0.05) is 6.92 Å². The van der Waals surface area contributed by atoms with Crippen LogP contribution in [0, 0.1) is 5.92 Å². The molecule has 1 fully saturated rings. The first-order chi connectivity index (χ1) is 7.95. The Hall–Kier alpha value is -1.04. The summed E-state index contributed by atoms with van der Waals surface area (Å²) in [7, 11) is 0. The standard InChI is InChI=1S/C11H16F3N3/c1-8(6-15-9-2-3-9)7-17-5-4-10(16-17)11(12,13)14/h4-5,8-9,15H,2-3,6-7H2,1H3. The van der Waals surface area contributed by atoms with Gasteiger partial charge in [-0.3, -0.25) is 4.68 Å². The summed E-state index contributed by atoms with van der Waals surface area (Å²) in [6.07, 6.45) is -0.531. The van der Waals surface area contributed by atoms with E-state index in [4.69, 9.17) is 0 Å². The number of nitrogens with one attached hydrogen (secondary N) is 1. The fourth-order valence-corrected chi connectivity index (χ4v) is 1.65. The molecule has 0 bridgehead atoms. The van der Waals surface area contributed by atoms with Gasteiger partial charge in [0.05, 0.1) is 0 Å². The smallest absolute Gasteiger partial charge is 0.314 e. The van der Waals surface area contributed by atoms with Crippen molar-refractivity contribution in [1.29, 1.82) is 0 Å². The van der Waals surface area contributed by atoms with Gasteiger partial charge in [-0.05, 0) is 31.4 Å². The number of rotatable bonds is 5. The van der Waals surface area contributed by atoms with Crippen LogP contribution in [0.2, 0.25) is 0 Å². The lowest BCUT2D eigenvalue weighted by Gasteiger charge is -2.12. The summed E-state index contributed by atoms with van der Waals surface area (Å²) in [6.45, 7) is 3.34. The van der Waals surface area contributed by atoms with E-state index in [1.165, 1.54) is 23.7 Å². The van der Waals surface area contributed by atoms with Crippen molar-refractivity contribution in [2.24, 2.45) is 5.92 Å². The highest BCUT2D eigenvalue weighted by Gasteiger charge is 2.33. The summed E-state index contributed by atoms with van der Waals surface area (Å²) in [6, 6.07) is 1.64. The molecule has 3 nitrogen and oxygen atoms in total. The van der Waals surface area contributed by atoms with Crippen molar-refractivity contribution in [2.45, 2.75) is 38.5 Å². The molecule has 2 rings (SSSR count). The molecule has 96 valence electrons. The van der Waals surface area contributed by atoms with Crippen molar-refractivity contribution < 1.29 is 13.2 Å². The molecule has 1 aliphatic rings. The predicted molar refractivity (Wildman–Crippen MR) is 57.4 cm³/mol. The fraction of sp³-hybridized carbons (Fsp3) is 0.727. The van der Waals surface area contributed by atoms with Gasteiger partial charge in [0.1, 0.15) is 0 Å². The van der Waals surface area contributed by atoms with Crippen LogP contribution in [0.5, 0.6) is 0 Å². The Labute approximate surface area is 98.0 Å². The number of halogens is 3. The molecule has 17 heavy (non-hydrogen) atoms. The topological polar surface area (TPSA) is 29.9 Å². The lowest BCUT2D eigenvalue weighted by Crippen LogP contribution is -2.26. The minimum Gasteiger partial charge on any atom is -0.314 e. The first kappa shape index (κ1) is 12.4. The van der Waals surface area contributed by atoms with Crippen LogP contribution in [0.25, 0.3) is 0 Å². The molecule has 6 heteroatoms. The Kier molecular flexibility index (Phi) is 3.42. The SMILES string of the molecule is CC(CNC1CC1)Cn1ccc(C(F)(F)F)n1. The lowest BCUT2D eigenvalue weighted by molar-refractivity contribution is -0.141. The minimum absolute atomic E-state index is 0.275. The van der Waals surface area contributed by atoms with Gasteiger partial charge in [-0.2, -0.15) is 18.3 Å². The maximum atomic E-state index is 12.3. The summed E-state index contributed by atoms with van der Waals surface area (Å²) in [5.74, 6) is 0.275. The first-order valence-electron chi connectivity index (χ1n) is 5.79. The number of nitrogens with zero attached hydrogens (tertiary/aromatic N) is 2. The Morgan fingerprint density at radius 3 is 2.76 bits per heavy atom. The Bertz CT molecular complexity index is 368. The van der Waals surface area contributed by atoms with Gasteiger partial charge in [-0.15, -0.1) is 0 Å². The summed E-state index contributed by atoms with van der Waals surface area (Å²) < 4.78 is 38.3. The third kappa shape index (κ3) is 3.73. The summed E-state index contributed by atoms with van der Waals surface area (Å²) >= 11 is 0. The number of aromatic nitrogens is 2. The molecule has 0 radical (unpaired) electrons. The Morgan fingerprint density at radius 1 is 1.53 bits per heavy atom. The van der Waals surface area contributed by atoms with E-state index in [-0.39, 0.29) is 5.92 Å². The molecule has 1 aromatic heterocycles. The van der Waals surface area contributed by atoms with Gasteiger partial charge in [0, 0.05) is 18.8 Å².